The molecule has 1 saturated carbocycles. The molecular formula is C16H24N2O2S. The first kappa shape index (κ1) is 16.3. The number of nitrogens with one attached hydrogen (secondary N) is 1. The molecule has 1 heterocycles. The summed E-state index contributed by atoms with van der Waals surface area (Å²) in [5.74, 6) is 1.24. The molecule has 0 bridgehead atoms. The lowest BCUT2D eigenvalue weighted by Gasteiger charge is -2.32. The van der Waals surface area contributed by atoms with E-state index in [0.29, 0.717) is 12.5 Å². The number of esters is 1. The molecule has 0 aromatic carbocycles. The Morgan fingerprint density at radius 1 is 1.57 bits per heavy atom. The highest BCUT2D eigenvalue weighted by Gasteiger charge is 2.48. The lowest BCUT2D eigenvalue weighted by Crippen LogP contribution is -2.54. The van der Waals surface area contributed by atoms with Crippen LogP contribution in [0.1, 0.15) is 32.6 Å². The highest BCUT2D eigenvalue weighted by molar-refractivity contribution is 7.99. The molecule has 0 saturated heterocycles. The molecule has 2 rings (SSSR count). The van der Waals surface area contributed by atoms with Crippen molar-refractivity contribution in [2.75, 3.05) is 19.4 Å². The summed E-state index contributed by atoms with van der Waals surface area (Å²) in [6, 6.07) is 5.95. The molecule has 0 aliphatic heterocycles. The smallest absolute Gasteiger partial charge is 0.326 e. The van der Waals surface area contributed by atoms with E-state index < -0.39 is 5.54 Å². The van der Waals surface area contributed by atoms with E-state index >= 15 is 0 Å². The minimum atomic E-state index is -0.485. The van der Waals surface area contributed by atoms with E-state index in [0.717, 1.165) is 36.5 Å². The molecule has 1 fully saturated rings. The molecule has 0 amide bonds. The summed E-state index contributed by atoms with van der Waals surface area (Å²) in [5, 5.41) is 4.30. The standard InChI is InChI=1S/C16H24N2O2S/c1-3-20-15(19)16(17-2)10-6-7-13(16)9-12-21-14-8-4-5-11-18-14/h4-5,8,11,13,17H,3,6-7,9-10,12H2,1-2H3. The molecule has 4 nitrogen and oxygen atoms in total. The molecule has 2 atom stereocenters. The molecule has 21 heavy (non-hydrogen) atoms. The van der Waals surface area contributed by atoms with E-state index in [1.807, 2.05) is 38.4 Å². The zero-order valence-electron chi connectivity index (χ0n) is 12.8. The van der Waals surface area contributed by atoms with E-state index in [2.05, 4.69) is 10.3 Å². The number of ether oxygens (including phenoxy) is 1. The van der Waals surface area contributed by atoms with Crippen molar-refractivity contribution < 1.29 is 9.53 Å². The van der Waals surface area contributed by atoms with Crippen LogP contribution in [0.5, 0.6) is 0 Å². The quantitative estimate of drug-likeness (QED) is 0.620. The second-order valence-corrected chi connectivity index (χ2v) is 6.45. The third-order valence-corrected chi connectivity index (χ3v) is 5.24. The summed E-state index contributed by atoms with van der Waals surface area (Å²) < 4.78 is 5.29. The van der Waals surface area contributed by atoms with Crippen LogP contribution in [0.25, 0.3) is 0 Å². The summed E-state index contributed by atoms with van der Waals surface area (Å²) in [6.07, 6.45) is 5.86. The molecule has 1 aliphatic carbocycles. The highest BCUT2D eigenvalue weighted by Crippen LogP contribution is 2.39. The van der Waals surface area contributed by atoms with Crippen LogP contribution in [0.3, 0.4) is 0 Å². The number of aromatic nitrogens is 1. The van der Waals surface area contributed by atoms with Gasteiger partial charge in [-0.15, -0.1) is 11.8 Å². The van der Waals surface area contributed by atoms with Gasteiger partial charge >= 0.3 is 5.97 Å². The average Bonchev–Trinajstić information content (AvgIpc) is 2.93. The van der Waals surface area contributed by atoms with Crippen LogP contribution < -0.4 is 5.32 Å². The van der Waals surface area contributed by atoms with Crippen molar-refractivity contribution in [1.29, 1.82) is 0 Å². The predicted octanol–water partition coefficient (Wildman–Crippen LogP) is 2.89. The van der Waals surface area contributed by atoms with Crippen LogP contribution in [-0.4, -0.2) is 35.9 Å². The number of hydrogen-bond acceptors (Lipinski definition) is 5. The molecule has 5 heteroatoms. The van der Waals surface area contributed by atoms with Crippen LogP contribution in [0, 0.1) is 5.92 Å². The SMILES string of the molecule is CCOC(=O)C1(NC)CCCC1CCSc1ccccn1. The first-order chi connectivity index (χ1) is 10.2. The summed E-state index contributed by atoms with van der Waals surface area (Å²) in [6.45, 7) is 2.31. The Morgan fingerprint density at radius 3 is 3.10 bits per heavy atom. The molecule has 0 radical (unpaired) electrons. The maximum absolute atomic E-state index is 12.3. The minimum Gasteiger partial charge on any atom is -0.465 e. The lowest BCUT2D eigenvalue weighted by molar-refractivity contribution is -0.152. The van der Waals surface area contributed by atoms with Gasteiger partial charge in [0.05, 0.1) is 11.6 Å². The monoisotopic (exact) mass is 308 g/mol. The first-order valence-electron chi connectivity index (χ1n) is 7.63. The van der Waals surface area contributed by atoms with Crippen molar-refractivity contribution in [3.05, 3.63) is 24.4 Å². The van der Waals surface area contributed by atoms with E-state index in [1.165, 1.54) is 0 Å². The predicted molar refractivity (Wildman–Crippen MR) is 85.3 cm³/mol. The molecule has 2 unspecified atom stereocenters. The third kappa shape index (κ3) is 3.77. The topological polar surface area (TPSA) is 51.2 Å². The van der Waals surface area contributed by atoms with Gasteiger partial charge in [0.15, 0.2) is 0 Å². The average molecular weight is 308 g/mol. The zero-order valence-corrected chi connectivity index (χ0v) is 13.6. The summed E-state index contributed by atoms with van der Waals surface area (Å²) in [5.41, 5.74) is -0.485. The fraction of sp³-hybridized carbons (Fsp3) is 0.625. The van der Waals surface area contributed by atoms with Crippen LogP contribution in [0.4, 0.5) is 0 Å². The summed E-state index contributed by atoms with van der Waals surface area (Å²) >= 11 is 1.75. The van der Waals surface area contributed by atoms with Crippen LogP contribution in [0.15, 0.2) is 29.4 Å². The third-order valence-electron chi connectivity index (χ3n) is 4.26. The Balaban J connectivity index is 1.93. The molecule has 1 aromatic rings. The highest BCUT2D eigenvalue weighted by atomic mass is 32.2. The largest absolute Gasteiger partial charge is 0.465 e. The van der Waals surface area contributed by atoms with Gasteiger partial charge in [-0.2, -0.15) is 0 Å². The first-order valence-corrected chi connectivity index (χ1v) is 8.61. The Morgan fingerprint density at radius 2 is 2.43 bits per heavy atom. The number of hydrogen-bond donors (Lipinski definition) is 1. The second kappa shape index (κ2) is 7.80. The van der Waals surface area contributed by atoms with Gasteiger partial charge in [-0.25, -0.2) is 4.98 Å². The number of thioether (sulfide) groups is 1. The lowest BCUT2D eigenvalue weighted by atomic mass is 9.85. The van der Waals surface area contributed by atoms with Crippen LogP contribution in [0.2, 0.25) is 0 Å². The molecule has 1 aliphatic rings. The molecular weight excluding hydrogens is 284 g/mol. The number of carbonyl (C=O) groups excluding carboxylic acids is 1. The normalized spacial score (nSPS) is 25.0. The van der Waals surface area contributed by atoms with Crippen LogP contribution >= 0.6 is 11.8 Å². The maximum atomic E-state index is 12.3. The maximum Gasteiger partial charge on any atom is 0.326 e. The van der Waals surface area contributed by atoms with Gasteiger partial charge in [-0.1, -0.05) is 12.5 Å². The van der Waals surface area contributed by atoms with Gasteiger partial charge in [-0.3, -0.25) is 4.79 Å². The number of likely N-dealkylation sites (N-methyl/N-ethyl adjacent to an activating group) is 1. The van der Waals surface area contributed by atoms with E-state index in [9.17, 15) is 4.79 Å². The van der Waals surface area contributed by atoms with Crippen molar-refractivity contribution in [3.63, 3.8) is 0 Å². The summed E-state index contributed by atoms with van der Waals surface area (Å²) in [7, 11) is 1.88. The Labute approximate surface area is 131 Å². The van der Waals surface area contributed by atoms with E-state index in [-0.39, 0.29) is 5.97 Å². The van der Waals surface area contributed by atoms with Gasteiger partial charge in [0.25, 0.3) is 0 Å². The zero-order chi connectivity index (χ0) is 15.1. The van der Waals surface area contributed by atoms with E-state index in [4.69, 9.17) is 4.74 Å². The summed E-state index contributed by atoms with van der Waals surface area (Å²) in [4.78, 5) is 16.7. The van der Waals surface area contributed by atoms with E-state index in [1.54, 1.807) is 11.8 Å². The number of pyridine rings is 1. The number of rotatable bonds is 7. The van der Waals surface area contributed by atoms with Crippen molar-refractivity contribution in [2.24, 2.45) is 5.92 Å². The van der Waals surface area contributed by atoms with Crippen molar-refractivity contribution in [2.45, 2.75) is 43.2 Å². The fourth-order valence-corrected chi connectivity index (χ4v) is 4.09. The van der Waals surface area contributed by atoms with Gasteiger partial charge in [0.2, 0.25) is 0 Å². The van der Waals surface area contributed by atoms with Gasteiger partial charge in [0.1, 0.15) is 5.54 Å². The van der Waals surface area contributed by atoms with Crippen molar-refractivity contribution in [3.8, 4) is 0 Å². The van der Waals surface area contributed by atoms with Gasteiger partial charge < -0.3 is 10.1 Å². The number of carbonyl (C=O) groups is 1. The second-order valence-electron chi connectivity index (χ2n) is 5.34. The molecule has 1 aromatic heterocycles. The van der Waals surface area contributed by atoms with Crippen molar-refractivity contribution >= 4 is 17.7 Å². The molecule has 0 spiro atoms. The number of nitrogens with zero attached hydrogens (tertiary/aromatic N) is 1. The minimum absolute atomic E-state index is 0.0853. The Hall–Kier alpha value is -1.07. The van der Waals surface area contributed by atoms with Crippen molar-refractivity contribution in [1.82, 2.24) is 10.3 Å². The molecule has 1 N–H and O–H groups in total. The fourth-order valence-electron chi connectivity index (χ4n) is 3.17. The van der Waals surface area contributed by atoms with Gasteiger partial charge in [-0.05, 0) is 57.0 Å². The molecule has 116 valence electrons. The van der Waals surface area contributed by atoms with Crippen LogP contribution in [-0.2, 0) is 9.53 Å². The van der Waals surface area contributed by atoms with Gasteiger partial charge in [0, 0.05) is 6.20 Å². The Kier molecular flexibility index (Phi) is 6.06. The Bertz CT molecular complexity index is 455.